The number of aromatic nitrogens is 1. The van der Waals surface area contributed by atoms with Crippen LogP contribution in [0.15, 0.2) is 17.3 Å². The third-order valence-corrected chi connectivity index (χ3v) is 4.09. The van der Waals surface area contributed by atoms with Gasteiger partial charge in [0.2, 0.25) is 0 Å². The van der Waals surface area contributed by atoms with E-state index in [1.54, 1.807) is 0 Å². The van der Waals surface area contributed by atoms with E-state index >= 15 is 0 Å². The molecule has 1 aromatic rings. The molecule has 4 nitrogen and oxygen atoms in total. The molecule has 1 rings (SSSR count). The minimum Gasteiger partial charge on any atom is -0.478 e. The van der Waals surface area contributed by atoms with E-state index in [-0.39, 0.29) is 10.6 Å². The molecule has 0 fully saturated rings. The lowest BCUT2D eigenvalue weighted by Gasteiger charge is -2.17. The second-order valence-corrected chi connectivity index (χ2v) is 5.12. The normalized spacial score (nSPS) is 10.9. The Morgan fingerprint density at radius 3 is 2.72 bits per heavy atom. The maximum Gasteiger partial charge on any atom is 0.337 e. The molecule has 0 unspecified atom stereocenters. The molecule has 0 amide bonds. The van der Waals surface area contributed by atoms with E-state index in [4.69, 9.17) is 16.7 Å². The summed E-state index contributed by atoms with van der Waals surface area (Å²) >= 11 is 7.50. The van der Waals surface area contributed by atoms with Gasteiger partial charge in [0.15, 0.2) is 0 Å². The number of rotatable bonds is 7. The van der Waals surface area contributed by atoms with E-state index in [2.05, 4.69) is 23.7 Å². The van der Waals surface area contributed by atoms with Crippen LogP contribution in [-0.2, 0) is 0 Å². The Labute approximate surface area is 116 Å². The minimum atomic E-state index is -1.02. The Balaban J connectivity index is 2.63. The van der Waals surface area contributed by atoms with Crippen LogP contribution >= 0.6 is 23.4 Å². The number of carbonyl (C=O) groups is 1. The zero-order chi connectivity index (χ0) is 13.5. The molecule has 0 saturated carbocycles. The molecule has 0 spiro atoms. The lowest BCUT2D eigenvalue weighted by molar-refractivity contribution is 0.0696. The molecule has 0 radical (unpaired) electrons. The summed E-state index contributed by atoms with van der Waals surface area (Å²) in [6.07, 6.45) is 1.48. The maximum atomic E-state index is 10.9. The van der Waals surface area contributed by atoms with Crippen LogP contribution < -0.4 is 0 Å². The van der Waals surface area contributed by atoms with Crippen molar-refractivity contribution in [3.8, 4) is 0 Å². The highest BCUT2D eigenvalue weighted by atomic mass is 35.5. The summed E-state index contributed by atoms with van der Waals surface area (Å²) in [6, 6.07) is 1.42. The summed E-state index contributed by atoms with van der Waals surface area (Å²) in [5.41, 5.74) is 0.108. The molecule has 0 aliphatic carbocycles. The first kappa shape index (κ1) is 15.3. The minimum absolute atomic E-state index is 0.108. The molecule has 1 aromatic heterocycles. The van der Waals surface area contributed by atoms with Gasteiger partial charge in [0, 0.05) is 18.5 Å². The average Bonchev–Trinajstić information content (AvgIpc) is 2.36. The molecule has 0 saturated heterocycles. The predicted molar refractivity (Wildman–Crippen MR) is 74.7 cm³/mol. The largest absolute Gasteiger partial charge is 0.478 e. The van der Waals surface area contributed by atoms with Crippen molar-refractivity contribution in [3.05, 3.63) is 22.8 Å². The Hall–Kier alpha value is -0.780. The second-order valence-electron chi connectivity index (χ2n) is 3.66. The van der Waals surface area contributed by atoms with Crippen molar-refractivity contribution >= 4 is 29.3 Å². The Morgan fingerprint density at radius 1 is 1.50 bits per heavy atom. The summed E-state index contributed by atoms with van der Waals surface area (Å²) in [4.78, 5) is 17.3. The Bertz CT molecular complexity index is 411. The van der Waals surface area contributed by atoms with Gasteiger partial charge in [-0.05, 0) is 19.2 Å². The number of carboxylic acids is 1. The third kappa shape index (κ3) is 4.15. The van der Waals surface area contributed by atoms with Crippen LogP contribution in [-0.4, -0.2) is 46.3 Å². The fraction of sp³-hybridized carbons (Fsp3) is 0.500. The molecule has 0 aliphatic rings. The molecular formula is C12H17ClN2O2S. The van der Waals surface area contributed by atoms with Crippen molar-refractivity contribution in [1.29, 1.82) is 0 Å². The number of aromatic carboxylic acids is 1. The van der Waals surface area contributed by atoms with Gasteiger partial charge in [-0.2, -0.15) is 0 Å². The molecule has 0 atom stereocenters. The number of nitrogens with zero attached hydrogens (tertiary/aromatic N) is 2. The molecule has 1 heterocycles. The molecule has 0 aliphatic heterocycles. The highest BCUT2D eigenvalue weighted by Crippen LogP contribution is 2.27. The number of halogens is 1. The quantitative estimate of drug-likeness (QED) is 0.782. The van der Waals surface area contributed by atoms with Gasteiger partial charge < -0.3 is 10.0 Å². The van der Waals surface area contributed by atoms with Crippen LogP contribution in [0.3, 0.4) is 0 Å². The fourth-order valence-electron chi connectivity index (χ4n) is 1.50. The fourth-order valence-corrected chi connectivity index (χ4v) is 2.77. The molecule has 6 heteroatoms. The lowest BCUT2D eigenvalue weighted by Crippen LogP contribution is -2.25. The van der Waals surface area contributed by atoms with E-state index in [0.29, 0.717) is 5.03 Å². The van der Waals surface area contributed by atoms with Crippen molar-refractivity contribution in [2.24, 2.45) is 0 Å². The summed E-state index contributed by atoms with van der Waals surface area (Å²) in [7, 11) is 0. The van der Waals surface area contributed by atoms with Crippen LogP contribution in [0.25, 0.3) is 0 Å². The van der Waals surface area contributed by atoms with Crippen LogP contribution in [0.5, 0.6) is 0 Å². The van der Waals surface area contributed by atoms with Crippen molar-refractivity contribution in [2.75, 3.05) is 25.4 Å². The first-order valence-corrected chi connectivity index (χ1v) is 7.19. The van der Waals surface area contributed by atoms with Crippen molar-refractivity contribution in [2.45, 2.75) is 18.9 Å². The molecule has 1 N–H and O–H groups in total. The topological polar surface area (TPSA) is 53.4 Å². The average molecular weight is 289 g/mol. The van der Waals surface area contributed by atoms with E-state index in [9.17, 15) is 4.79 Å². The Morgan fingerprint density at radius 2 is 2.17 bits per heavy atom. The zero-order valence-electron chi connectivity index (χ0n) is 10.5. The van der Waals surface area contributed by atoms with Crippen molar-refractivity contribution in [1.82, 2.24) is 9.88 Å². The SMILES string of the molecule is CCN(CC)CCSc1nccc(C(=O)O)c1Cl. The molecular weight excluding hydrogens is 272 g/mol. The first-order valence-electron chi connectivity index (χ1n) is 5.83. The van der Waals surface area contributed by atoms with Crippen molar-refractivity contribution < 1.29 is 9.90 Å². The summed E-state index contributed by atoms with van der Waals surface area (Å²) < 4.78 is 0. The van der Waals surface area contributed by atoms with Crippen LogP contribution in [0.1, 0.15) is 24.2 Å². The van der Waals surface area contributed by atoms with Gasteiger partial charge >= 0.3 is 5.97 Å². The number of carboxylic acid groups (broad SMARTS) is 1. The van der Waals surface area contributed by atoms with Gasteiger partial charge in [-0.15, -0.1) is 11.8 Å². The molecule has 0 bridgehead atoms. The highest BCUT2D eigenvalue weighted by molar-refractivity contribution is 7.99. The maximum absolute atomic E-state index is 10.9. The molecule has 18 heavy (non-hydrogen) atoms. The number of thioether (sulfide) groups is 1. The second kappa shape index (κ2) is 7.61. The molecule has 100 valence electrons. The summed E-state index contributed by atoms with van der Waals surface area (Å²) in [5, 5.41) is 9.77. The predicted octanol–water partition coefficient (Wildman–Crippen LogP) is 2.87. The van der Waals surface area contributed by atoms with E-state index in [0.717, 1.165) is 25.4 Å². The number of hydrogen-bond donors (Lipinski definition) is 1. The van der Waals surface area contributed by atoms with Crippen LogP contribution in [0.2, 0.25) is 5.02 Å². The van der Waals surface area contributed by atoms with Crippen molar-refractivity contribution in [3.63, 3.8) is 0 Å². The van der Waals surface area contributed by atoms with E-state index in [1.165, 1.54) is 24.0 Å². The van der Waals surface area contributed by atoms with Crippen LogP contribution in [0.4, 0.5) is 0 Å². The van der Waals surface area contributed by atoms with Gasteiger partial charge in [0.05, 0.1) is 10.6 Å². The molecule has 0 aromatic carbocycles. The van der Waals surface area contributed by atoms with Crippen LogP contribution in [0, 0.1) is 0 Å². The summed E-state index contributed by atoms with van der Waals surface area (Å²) in [5.74, 6) is -0.176. The standard InChI is InChI=1S/C12H17ClN2O2S/c1-3-15(4-2)7-8-18-11-10(13)9(12(16)17)5-6-14-11/h5-6H,3-4,7-8H2,1-2H3,(H,16,17). The summed E-state index contributed by atoms with van der Waals surface area (Å²) in [6.45, 7) is 7.18. The lowest BCUT2D eigenvalue weighted by atomic mass is 10.3. The van der Waals surface area contributed by atoms with Gasteiger partial charge in [0.25, 0.3) is 0 Å². The smallest absolute Gasteiger partial charge is 0.337 e. The number of pyridine rings is 1. The highest BCUT2D eigenvalue weighted by Gasteiger charge is 2.13. The Kier molecular flexibility index (Phi) is 6.46. The number of hydrogen-bond acceptors (Lipinski definition) is 4. The van der Waals surface area contributed by atoms with E-state index in [1.807, 2.05) is 0 Å². The van der Waals surface area contributed by atoms with E-state index < -0.39 is 5.97 Å². The van der Waals surface area contributed by atoms with Gasteiger partial charge in [0.1, 0.15) is 5.03 Å². The van der Waals surface area contributed by atoms with Gasteiger partial charge in [-0.1, -0.05) is 25.4 Å². The van der Waals surface area contributed by atoms with Gasteiger partial charge in [-0.25, -0.2) is 9.78 Å². The zero-order valence-corrected chi connectivity index (χ0v) is 12.1. The third-order valence-electron chi connectivity index (χ3n) is 2.63. The first-order chi connectivity index (χ1) is 8.60. The van der Waals surface area contributed by atoms with Gasteiger partial charge in [-0.3, -0.25) is 0 Å². The monoisotopic (exact) mass is 288 g/mol.